The van der Waals surface area contributed by atoms with Crippen LogP contribution >= 0.6 is 15.9 Å². The maximum atomic E-state index is 9.73. The zero-order valence-electron chi connectivity index (χ0n) is 8.26. The minimum absolute atomic E-state index is 0.0464. The summed E-state index contributed by atoms with van der Waals surface area (Å²) in [5.74, 6) is 0.376. The molecular formula is C11H15BrO. The fraction of sp³-hybridized carbons (Fsp3) is 0.455. The van der Waals surface area contributed by atoms with Crippen LogP contribution in [0.3, 0.4) is 0 Å². The molecular weight excluding hydrogens is 228 g/mol. The molecule has 1 aromatic carbocycles. The summed E-state index contributed by atoms with van der Waals surface area (Å²) >= 11 is 3.32. The van der Waals surface area contributed by atoms with Gasteiger partial charge in [-0.25, -0.2) is 0 Å². The fourth-order valence-electron chi connectivity index (χ4n) is 1.27. The van der Waals surface area contributed by atoms with Crippen LogP contribution in [0.15, 0.2) is 22.7 Å². The smallest absolute Gasteiger partial charge is 0.120 e. The third kappa shape index (κ3) is 2.25. The molecule has 0 atom stereocenters. The average molecular weight is 243 g/mol. The highest BCUT2D eigenvalue weighted by Crippen LogP contribution is 2.34. The number of rotatable bonds is 2. The van der Waals surface area contributed by atoms with Crippen molar-refractivity contribution in [3.05, 3.63) is 28.2 Å². The Morgan fingerprint density at radius 2 is 2.00 bits per heavy atom. The molecule has 0 aromatic heterocycles. The van der Waals surface area contributed by atoms with E-state index in [4.69, 9.17) is 0 Å². The number of benzene rings is 1. The van der Waals surface area contributed by atoms with Crippen LogP contribution in [0.4, 0.5) is 0 Å². The van der Waals surface area contributed by atoms with Crippen LogP contribution in [0.5, 0.6) is 5.75 Å². The van der Waals surface area contributed by atoms with E-state index in [9.17, 15) is 5.11 Å². The first-order chi connectivity index (χ1) is 5.97. The molecule has 1 rings (SSSR count). The summed E-state index contributed by atoms with van der Waals surface area (Å²) in [6.07, 6.45) is 1.02. The van der Waals surface area contributed by atoms with E-state index in [0.717, 1.165) is 16.5 Å². The van der Waals surface area contributed by atoms with Gasteiger partial charge in [-0.05, 0) is 29.5 Å². The highest BCUT2D eigenvalue weighted by atomic mass is 79.9. The summed E-state index contributed by atoms with van der Waals surface area (Å²) in [6, 6.07) is 5.68. The first kappa shape index (κ1) is 10.6. The summed E-state index contributed by atoms with van der Waals surface area (Å²) < 4.78 is 0.917. The van der Waals surface area contributed by atoms with E-state index >= 15 is 0 Å². The molecule has 1 aromatic rings. The topological polar surface area (TPSA) is 20.2 Å². The fourth-order valence-corrected chi connectivity index (χ4v) is 1.62. The molecule has 2 heteroatoms. The van der Waals surface area contributed by atoms with Crippen LogP contribution in [0.2, 0.25) is 0 Å². The van der Waals surface area contributed by atoms with Gasteiger partial charge in [0, 0.05) is 4.47 Å². The molecule has 0 heterocycles. The van der Waals surface area contributed by atoms with E-state index in [0.29, 0.717) is 5.75 Å². The molecule has 0 aliphatic carbocycles. The van der Waals surface area contributed by atoms with Crippen LogP contribution in [0.1, 0.15) is 32.8 Å². The van der Waals surface area contributed by atoms with Gasteiger partial charge in [-0.2, -0.15) is 0 Å². The van der Waals surface area contributed by atoms with Crippen LogP contribution in [-0.2, 0) is 5.41 Å². The highest BCUT2D eigenvalue weighted by Gasteiger charge is 2.21. The second kappa shape index (κ2) is 3.70. The largest absolute Gasteiger partial charge is 0.508 e. The molecule has 0 spiro atoms. The number of phenolic OH excluding ortho intramolecular Hbond substituents is 1. The van der Waals surface area contributed by atoms with Crippen molar-refractivity contribution in [1.82, 2.24) is 0 Å². The quantitative estimate of drug-likeness (QED) is 0.836. The monoisotopic (exact) mass is 242 g/mol. The molecule has 0 unspecified atom stereocenters. The van der Waals surface area contributed by atoms with Crippen molar-refractivity contribution in [2.75, 3.05) is 0 Å². The Labute approximate surface area is 87.9 Å². The van der Waals surface area contributed by atoms with E-state index in [2.05, 4.69) is 36.7 Å². The number of halogens is 1. The molecule has 0 fully saturated rings. The molecule has 72 valence electrons. The molecule has 0 aliphatic heterocycles. The molecule has 0 amide bonds. The predicted octanol–water partition coefficient (Wildman–Crippen LogP) is 3.84. The number of phenols is 1. The Balaban J connectivity index is 3.16. The average Bonchev–Trinajstić information content (AvgIpc) is 2.03. The zero-order chi connectivity index (χ0) is 10.1. The first-order valence-electron chi connectivity index (χ1n) is 4.46. The van der Waals surface area contributed by atoms with Gasteiger partial charge in [0.25, 0.3) is 0 Å². The second-order valence-electron chi connectivity index (χ2n) is 3.90. The summed E-state index contributed by atoms with van der Waals surface area (Å²) in [6.45, 7) is 6.40. The van der Waals surface area contributed by atoms with Crippen LogP contribution in [0, 0.1) is 0 Å². The predicted molar refractivity (Wildman–Crippen MR) is 59.1 cm³/mol. The van der Waals surface area contributed by atoms with Gasteiger partial charge in [0.1, 0.15) is 5.75 Å². The Bertz CT molecular complexity index is 305. The van der Waals surface area contributed by atoms with Crippen molar-refractivity contribution in [2.45, 2.75) is 32.6 Å². The van der Waals surface area contributed by atoms with E-state index in [1.807, 2.05) is 12.1 Å². The number of aromatic hydroxyl groups is 1. The lowest BCUT2D eigenvalue weighted by Gasteiger charge is -2.24. The Kier molecular flexibility index (Phi) is 3.01. The number of hydrogen-bond acceptors (Lipinski definition) is 1. The maximum Gasteiger partial charge on any atom is 0.120 e. The van der Waals surface area contributed by atoms with Crippen molar-refractivity contribution in [3.63, 3.8) is 0 Å². The lowest BCUT2D eigenvalue weighted by atomic mass is 9.82. The van der Waals surface area contributed by atoms with Gasteiger partial charge in [-0.3, -0.25) is 0 Å². The summed E-state index contributed by atoms with van der Waals surface area (Å²) in [7, 11) is 0. The van der Waals surface area contributed by atoms with Crippen molar-refractivity contribution in [3.8, 4) is 5.75 Å². The molecule has 13 heavy (non-hydrogen) atoms. The normalized spacial score (nSPS) is 11.7. The molecule has 0 radical (unpaired) electrons. The molecule has 0 aliphatic rings. The zero-order valence-corrected chi connectivity index (χ0v) is 9.85. The van der Waals surface area contributed by atoms with Crippen LogP contribution in [0.25, 0.3) is 0 Å². The standard InChI is InChI=1S/C11H15BrO/c1-4-11(2,3)9-6-5-8(12)7-10(9)13/h5-7,13H,4H2,1-3H3. The van der Waals surface area contributed by atoms with Crippen molar-refractivity contribution < 1.29 is 5.11 Å². The molecule has 0 saturated carbocycles. The van der Waals surface area contributed by atoms with Gasteiger partial charge in [0.2, 0.25) is 0 Å². The van der Waals surface area contributed by atoms with Gasteiger partial charge in [0.15, 0.2) is 0 Å². The van der Waals surface area contributed by atoms with Crippen LogP contribution in [-0.4, -0.2) is 5.11 Å². The first-order valence-corrected chi connectivity index (χ1v) is 5.25. The van der Waals surface area contributed by atoms with Gasteiger partial charge >= 0.3 is 0 Å². The van der Waals surface area contributed by atoms with Gasteiger partial charge in [-0.1, -0.05) is 42.8 Å². The van der Waals surface area contributed by atoms with Gasteiger partial charge in [0.05, 0.1) is 0 Å². The lowest BCUT2D eigenvalue weighted by molar-refractivity contribution is 0.428. The minimum atomic E-state index is 0.0464. The van der Waals surface area contributed by atoms with E-state index in [1.165, 1.54) is 0 Å². The molecule has 1 nitrogen and oxygen atoms in total. The summed E-state index contributed by atoms with van der Waals surface area (Å²) in [4.78, 5) is 0. The summed E-state index contributed by atoms with van der Waals surface area (Å²) in [5, 5.41) is 9.73. The summed E-state index contributed by atoms with van der Waals surface area (Å²) in [5.41, 5.74) is 1.06. The highest BCUT2D eigenvalue weighted by molar-refractivity contribution is 9.10. The van der Waals surface area contributed by atoms with Crippen LogP contribution < -0.4 is 0 Å². The Morgan fingerprint density at radius 3 is 2.46 bits per heavy atom. The lowest BCUT2D eigenvalue weighted by Crippen LogP contribution is -2.15. The number of hydrogen-bond donors (Lipinski definition) is 1. The Morgan fingerprint density at radius 1 is 1.38 bits per heavy atom. The molecule has 0 bridgehead atoms. The van der Waals surface area contributed by atoms with Crippen molar-refractivity contribution in [1.29, 1.82) is 0 Å². The van der Waals surface area contributed by atoms with Gasteiger partial charge in [-0.15, -0.1) is 0 Å². The maximum absolute atomic E-state index is 9.73. The van der Waals surface area contributed by atoms with Crippen molar-refractivity contribution in [2.24, 2.45) is 0 Å². The third-order valence-corrected chi connectivity index (χ3v) is 3.07. The van der Waals surface area contributed by atoms with E-state index in [1.54, 1.807) is 6.07 Å². The molecule has 0 saturated heterocycles. The van der Waals surface area contributed by atoms with Crippen molar-refractivity contribution >= 4 is 15.9 Å². The minimum Gasteiger partial charge on any atom is -0.508 e. The van der Waals surface area contributed by atoms with E-state index < -0.39 is 0 Å². The van der Waals surface area contributed by atoms with E-state index in [-0.39, 0.29) is 5.41 Å². The second-order valence-corrected chi connectivity index (χ2v) is 4.81. The SMILES string of the molecule is CCC(C)(C)c1ccc(Br)cc1O. The third-order valence-electron chi connectivity index (χ3n) is 2.57. The Hall–Kier alpha value is -0.500. The van der Waals surface area contributed by atoms with Gasteiger partial charge < -0.3 is 5.11 Å². The molecule has 1 N–H and O–H groups in total.